The normalized spacial score (nSPS) is 12.2. The van der Waals surface area contributed by atoms with Crippen LogP contribution in [0.2, 0.25) is 0 Å². The highest BCUT2D eigenvalue weighted by molar-refractivity contribution is 14.0. The molecule has 0 aromatic rings. The number of hydrogen-bond acceptors (Lipinski definition) is 3. The molecule has 0 aromatic heterocycles. The summed E-state index contributed by atoms with van der Waals surface area (Å²) in [7, 11) is -2.92. The van der Waals surface area contributed by atoms with Crippen LogP contribution in [-0.4, -0.2) is 45.5 Å². The maximum absolute atomic E-state index is 11.4. The van der Waals surface area contributed by atoms with E-state index in [2.05, 4.69) is 29.5 Å². The molecule has 0 radical (unpaired) electrons. The molecule has 5 nitrogen and oxygen atoms in total. The van der Waals surface area contributed by atoms with Crippen LogP contribution < -0.4 is 10.6 Å². The van der Waals surface area contributed by atoms with Crippen LogP contribution in [0.5, 0.6) is 0 Å². The van der Waals surface area contributed by atoms with Gasteiger partial charge in [0.25, 0.3) is 0 Å². The van der Waals surface area contributed by atoms with Gasteiger partial charge in [0.15, 0.2) is 15.8 Å². The Morgan fingerprint density at radius 1 is 1.10 bits per heavy atom. The maximum atomic E-state index is 11.4. The van der Waals surface area contributed by atoms with E-state index in [-0.39, 0.29) is 35.5 Å². The summed E-state index contributed by atoms with van der Waals surface area (Å²) in [5.41, 5.74) is 0. The molecule has 0 saturated carbocycles. The molecule has 0 unspecified atom stereocenters. The second kappa shape index (κ2) is 12.7. The van der Waals surface area contributed by atoms with Crippen molar-refractivity contribution >= 4 is 39.8 Å². The van der Waals surface area contributed by atoms with Gasteiger partial charge in [-0.2, -0.15) is 0 Å². The topological polar surface area (TPSA) is 70.6 Å². The average Bonchev–Trinajstić information content (AvgIpc) is 2.39. The Bertz CT molecular complexity index is 355. The first kappa shape index (κ1) is 22.2. The minimum absolute atomic E-state index is 0. The Balaban J connectivity index is 0. The van der Waals surface area contributed by atoms with Crippen LogP contribution >= 0.6 is 24.0 Å². The Morgan fingerprint density at radius 3 is 2.15 bits per heavy atom. The number of guanidine groups is 1. The Morgan fingerprint density at radius 2 is 1.70 bits per heavy atom. The van der Waals surface area contributed by atoms with E-state index in [0.717, 1.165) is 25.9 Å². The summed E-state index contributed by atoms with van der Waals surface area (Å²) in [6.07, 6.45) is 2.23. The Labute approximate surface area is 141 Å². The third-order valence-corrected chi connectivity index (χ3v) is 4.86. The minimum Gasteiger partial charge on any atom is -0.357 e. The van der Waals surface area contributed by atoms with Crippen LogP contribution in [0.3, 0.4) is 0 Å². The summed E-state index contributed by atoms with van der Waals surface area (Å²) in [6.45, 7) is 9.96. The lowest BCUT2D eigenvalue weighted by Crippen LogP contribution is -2.40. The molecule has 20 heavy (non-hydrogen) atoms. The van der Waals surface area contributed by atoms with E-state index in [9.17, 15) is 8.42 Å². The predicted octanol–water partition coefficient (Wildman–Crippen LogP) is 2.03. The van der Waals surface area contributed by atoms with Crippen molar-refractivity contribution in [1.82, 2.24) is 10.6 Å². The van der Waals surface area contributed by atoms with Crippen molar-refractivity contribution in [3.63, 3.8) is 0 Å². The van der Waals surface area contributed by atoms with E-state index >= 15 is 0 Å². The van der Waals surface area contributed by atoms with E-state index in [1.807, 2.05) is 6.92 Å². The molecule has 0 bridgehead atoms. The third kappa shape index (κ3) is 10.7. The van der Waals surface area contributed by atoms with E-state index in [1.54, 1.807) is 6.92 Å². The van der Waals surface area contributed by atoms with Crippen molar-refractivity contribution in [3.8, 4) is 0 Å². The van der Waals surface area contributed by atoms with Crippen LogP contribution in [0, 0.1) is 5.92 Å². The van der Waals surface area contributed by atoms with Crippen molar-refractivity contribution < 1.29 is 8.42 Å². The Hall–Kier alpha value is -0.0500. The molecule has 0 heterocycles. The number of halogens is 1. The van der Waals surface area contributed by atoms with Crippen molar-refractivity contribution in [2.24, 2.45) is 10.9 Å². The first-order valence-corrected chi connectivity index (χ1v) is 9.03. The van der Waals surface area contributed by atoms with Gasteiger partial charge in [-0.15, -0.1) is 24.0 Å². The highest BCUT2D eigenvalue weighted by Gasteiger charge is 2.08. The quantitative estimate of drug-likeness (QED) is 0.341. The number of sulfone groups is 1. The average molecular weight is 419 g/mol. The van der Waals surface area contributed by atoms with Gasteiger partial charge in [0.1, 0.15) is 0 Å². The lowest BCUT2D eigenvalue weighted by atomic mass is 10.0. The van der Waals surface area contributed by atoms with Gasteiger partial charge in [0.05, 0.1) is 5.75 Å². The number of rotatable bonds is 9. The Kier molecular flexibility index (Phi) is 14.1. The minimum atomic E-state index is -2.92. The van der Waals surface area contributed by atoms with Crippen molar-refractivity contribution in [2.75, 3.05) is 31.1 Å². The molecule has 0 amide bonds. The van der Waals surface area contributed by atoms with E-state index in [1.165, 1.54) is 0 Å². The number of nitrogens with one attached hydrogen (secondary N) is 2. The lowest BCUT2D eigenvalue weighted by Gasteiger charge is -2.13. The van der Waals surface area contributed by atoms with Gasteiger partial charge in [-0.05, 0) is 12.8 Å². The van der Waals surface area contributed by atoms with Crippen LogP contribution in [0.1, 0.15) is 40.5 Å². The smallest absolute Gasteiger partial charge is 0.191 e. The predicted molar refractivity (Wildman–Crippen MR) is 97.8 cm³/mol. The molecular weight excluding hydrogens is 389 g/mol. The fraction of sp³-hybridized carbons (Fsp3) is 0.923. The molecule has 122 valence electrons. The lowest BCUT2D eigenvalue weighted by molar-refractivity contribution is 0.504. The standard InChI is InChI=1S/C13H29N3O2S.HI/c1-5-12(6-2)11-16-13(14-7-3)15-9-10-19(17,18)8-4;/h12H,5-11H2,1-4H3,(H2,14,15,16);1H. The summed E-state index contributed by atoms with van der Waals surface area (Å²) in [5.74, 6) is 1.64. The number of nitrogens with zero attached hydrogens (tertiary/aromatic N) is 1. The molecule has 0 aromatic carbocycles. The van der Waals surface area contributed by atoms with Gasteiger partial charge < -0.3 is 10.6 Å². The fourth-order valence-electron chi connectivity index (χ4n) is 1.58. The van der Waals surface area contributed by atoms with Crippen LogP contribution in [-0.2, 0) is 9.84 Å². The molecule has 0 atom stereocenters. The zero-order chi connectivity index (χ0) is 14.7. The number of hydrogen-bond donors (Lipinski definition) is 2. The molecule has 0 spiro atoms. The third-order valence-electron chi connectivity index (χ3n) is 3.15. The van der Waals surface area contributed by atoms with Crippen LogP contribution in [0.25, 0.3) is 0 Å². The van der Waals surface area contributed by atoms with Gasteiger partial charge >= 0.3 is 0 Å². The summed E-state index contributed by atoms with van der Waals surface area (Å²) in [4.78, 5) is 4.50. The maximum Gasteiger partial charge on any atom is 0.191 e. The second-order valence-electron chi connectivity index (χ2n) is 4.57. The van der Waals surface area contributed by atoms with Gasteiger partial charge in [0, 0.05) is 25.4 Å². The van der Waals surface area contributed by atoms with Gasteiger partial charge in [-0.1, -0.05) is 33.6 Å². The van der Waals surface area contributed by atoms with Gasteiger partial charge in [0.2, 0.25) is 0 Å². The molecular formula is C13H30IN3O2S. The molecule has 0 fully saturated rings. The molecule has 0 aliphatic rings. The largest absolute Gasteiger partial charge is 0.357 e. The van der Waals surface area contributed by atoms with E-state index in [0.29, 0.717) is 18.4 Å². The van der Waals surface area contributed by atoms with Crippen LogP contribution in [0.15, 0.2) is 4.99 Å². The highest BCUT2D eigenvalue weighted by atomic mass is 127. The first-order chi connectivity index (χ1) is 8.99. The first-order valence-electron chi connectivity index (χ1n) is 7.21. The summed E-state index contributed by atoms with van der Waals surface area (Å²) in [6, 6.07) is 0. The molecule has 0 rings (SSSR count). The number of aliphatic imine (C=N–C) groups is 1. The molecule has 2 N–H and O–H groups in total. The zero-order valence-corrected chi connectivity index (χ0v) is 16.3. The summed E-state index contributed by atoms with van der Waals surface area (Å²) in [5, 5.41) is 6.21. The van der Waals surface area contributed by atoms with Crippen molar-refractivity contribution in [2.45, 2.75) is 40.5 Å². The summed E-state index contributed by atoms with van der Waals surface area (Å²) >= 11 is 0. The van der Waals surface area contributed by atoms with Gasteiger partial charge in [-0.3, -0.25) is 4.99 Å². The van der Waals surface area contributed by atoms with E-state index in [4.69, 9.17) is 0 Å². The van der Waals surface area contributed by atoms with Crippen molar-refractivity contribution in [1.29, 1.82) is 0 Å². The fourth-order valence-corrected chi connectivity index (χ4v) is 2.28. The molecule has 0 saturated heterocycles. The van der Waals surface area contributed by atoms with E-state index < -0.39 is 9.84 Å². The van der Waals surface area contributed by atoms with Crippen molar-refractivity contribution in [3.05, 3.63) is 0 Å². The monoisotopic (exact) mass is 419 g/mol. The molecule has 0 aliphatic carbocycles. The van der Waals surface area contributed by atoms with Gasteiger partial charge in [-0.25, -0.2) is 8.42 Å². The van der Waals surface area contributed by atoms with Crippen LogP contribution in [0.4, 0.5) is 0 Å². The molecule has 7 heteroatoms. The zero-order valence-electron chi connectivity index (χ0n) is 13.1. The SMILES string of the molecule is CCNC(=NCC(CC)CC)NCCS(=O)(=O)CC.I. The molecule has 0 aliphatic heterocycles. The highest BCUT2D eigenvalue weighted by Crippen LogP contribution is 2.06. The summed E-state index contributed by atoms with van der Waals surface area (Å²) < 4.78 is 22.8. The second-order valence-corrected chi connectivity index (χ2v) is 7.04.